The molecule has 6 heteroatoms. The van der Waals surface area contributed by atoms with Crippen molar-refractivity contribution in [3.63, 3.8) is 0 Å². The Morgan fingerprint density at radius 3 is 2.60 bits per heavy atom. The van der Waals surface area contributed by atoms with Crippen LogP contribution >= 0.6 is 15.9 Å². The van der Waals surface area contributed by atoms with Crippen molar-refractivity contribution in [1.82, 2.24) is 4.98 Å². The lowest BCUT2D eigenvalue weighted by Crippen LogP contribution is -2.13. The maximum absolute atomic E-state index is 12.2. The highest BCUT2D eigenvalue weighted by atomic mass is 79.9. The third kappa shape index (κ3) is 3.27. The van der Waals surface area contributed by atoms with Gasteiger partial charge in [-0.05, 0) is 24.3 Å². The van der Waals surface area contributed by atoms with E-state index in [1.807, 2.05) is 0 Å². The molecule has 1 aromatic carbocycles. The van der Waals surface area contributed by atoms with Crippen LogP contribution in [0.3, 0.4) is 0 Å². The molecular weight excluding hydrogens is 324 g/mol. The molecular formula is C14H13BrN2O3. The third-order valence-corrected chi connectivity index (χ3v) is 3.10. The van der Waals surface area contributed by atoms with Crippen LogP contribution in [0, 0.1) is 0 Å². The Bertz CT molecular complexity index is 614. The summed E-state index contributed by atoms with van der Waals surface area (Å²) < 4.78 is 11.0. The Morgan fingerprint density at radius 2 is 2.00 bits per heavy atom. The predicted octanol–water partition coefficient (Wildman–Crippen LogP) is 3.11. The van der Waals surface area contributed by atoms with Crippen molar-refractivity contribution in [3.8, 4) is 11.6 Å². The van der Waals surface area contributed by atoms with E-state index >= 15 is 0 Å². The zero-order valence-electron chi connectivity index (χ0n) is 11.0. The number of rotatable bonds is 4. The van der Waals surface area contributed by atoms with Crippen molar-refractivity contribution in [2.45, 2.75) is 0 Å². The molecule has 0 unspecified atom stereocenters. The number of benzene rings is 1. The van der Waals surface area contributed by atoms with E-state index in [-0.39, 0.29) is 5.91 Å². The summed E-state index contributed by atoms with van der Waals surface area (Å²) in [5, 5.41) is 2.75. The van der Waals surface area contributed by atoms with E-state index in [1.165, 1.54) is 20.4 Å². The standard InChI is InChI=1S/C14H13BrN2O3/c1-19-12-7-9(15)3-5-11(12)14(18)17-10-4-6-13(20-2)16-8-10/h3-8H,1-2H3,(H,17,18). The Morgan fingerprint density at radius 1 is 1.20 bits per heavy atom. The number of pyridine rings is 1. The lowest BCUT2D eigenvalue weighted by atomic mass is 10.2. The molecule has 0 fully saturated rings. The van der Waals surface area contributed by atoms with Crippen LogP contribution in [0.2, 0.25) is 0 Å². The molecule has 0 aliphatic carbocycles. The summed E-state index contributed by atoms with van der Waals surface area (Å²) in [5.74, 6) is 0.726. The topological polar surface area (TPSA) is 60.5 Å². The fourth-order valence-corrected chi connectivity index (χ4v) is 1.97. The maximum Gasteiger partial charge on any atom is 0.259 e. The number of anilines is 1. The molecule has 0 aliphatic heterocycles. The molecule has 5 nitrogen and oxygen atoms in total. The number of carbonyl (C=O) groups is 1. The van der Waals surface area contributed by atoms with Gasteiger partial charge in [-0.2, -0.15) is 0 Å². The first-order valence-corrected chi connectivity index (χ1v) is 6.58. The normalized spacial score (nSPS) is 9.95. The van der Waals surface area contributed by atoms with Crippen LogP contribution in [0.25, 0.3) is 0 Å². The van der Waals surface area contributed by atoms with Crippen LogP contribution in [0.1, 0.15) is 10.4 Å². The molecule has 0 spiro atoms. The number of aromatic nitrogens is 1. The summed E-state index contributed by atoms with van der Waals surface area (Å²) in [5.41, 5.74) is 1.03. The van der Waals surface area contributed by atoms with Crippen LogP contribution in [-0.4, -0.2) is 25.1 Å². The summed E-state index contributed by atoms with van der Waals surface area (Å²) in [6, 6.07) is 8.60. The minimum absolute atomic E-state index is 0.263. The molecule has 0 bridgehead atoms. The molecule has 20 heavy (non-hydrogen) atoms. The van der Waals surface area contributed by atoms with Crippen molar-refractivity contribution in [1.29, 1.82) is 0 Å². The van der Waals surface area contributed by atoms with E-state index in [9.17, 15) is 4.79 Å². The number of halogens is 1. The molecule has 1 heterocycles. The van der Waals surface area contributed by atoms with E-state index in [0.29, 0.717) is 22.9 Å². The second-order valence-electron chi connectivity index (χ2n) is 3.89. The number of nitrogens with zero attached hydrogens (tertiary/aromatic N) is 1. The van der Waals surface area contributed by atoms with Crippen LogP contribution in [-0.2, 0) is 0 Å². The molecule has 1 aromatic heterocycles. The number of hydrogen-bond donors (Lipinski definition) is 1. The van der Waals surface area contributed by atoms with Gasteiger partial charge in [-0.3, -0.25) is 4.79 Å². The van der Waals surface area contributed by atoms with Gasteiger partial charge in [-0.1, -0.05) is 15.9 Å². The first-order chi connectivity index (χ1) is 9.63. The van der Waals surface area contributed by atoms with Gasteiger partial charge < -0.3 is 14.8 Å². The molecule has 0 aliphatic rings. The maximum atomic E-state index is 12.2. The highest BCUT2D eigenvalue weighted by Crippen LogP contribution is 2.24. The summed E-state index contributed by atoms with van der Waals surface area (Å²) in [6.07, 6.45) is 1.53. The number of amides is 1. The Kier molecular flexibility index (Phi) is 4.57. The fourth-order valence-electron chi connectivity index (χ4n) is 1.63. The molecule has 0 atom stereocenters. The number of ether oxygens (including phenoxy) is 2. The first-order valence-electron chi connectivity index (χ1n) is 5.79. The van der Waals surface area contributed by atoms with Crippen molar-refractivity contribution < 1.29 is 14.3 Å². The monoisotopic (exact) mass is 336 g/mol. The number of hydrogen-bond acceptors (Lipinski definition) is 4. The van der Waals surface area contributed by atoms with Gasteiger partial charge in [0.15, 0.2) is 0 Å². The van der Waals surface area contributed by atoms with Crippen molar-refractivity contribution >= 4 is 27.5 Å². The number of nitrogens with one attached hydrogen (secondary N) is 1. The Hall–Kier alpha value is -2.08. The number of carbonyl (C=O) groups excluding carboxylic acids is 1. The average molecular weight is 337 g/mol. The molecule has 0 saturated heterocycles. The van der Waals surface area contributed by atoms with E-state index in [4.69, 9.17) is 9.47 Å². The van der Waals surface area contributed by atoms with Gasteiger partial charge in [-0.25, -0.2) is 4.98 Å². The highest BCUT2D eigenvalue weighted by molar-refractivity contribution is 9.10. The SMILES string of the molecule is COc1ccc(NC(=O)c2ccc(Br)cc2OC)cn1. The summed E-state index contributed by atoms with van der Waals surface area (Å²) in [7, 11) is 3.06. The van der Waals surface area contributed by atoms with Crippen LogP contribution in [0.15, 0.2) is 41.0 Å². The minimum atomic E-state index is -0.263. The molecule has 2 aromatic rings. The lowest BCUT2D eigenvalue weighted by Gasteiger charge is -2.09. The van der Waals surface area contributed by atoms with Gasteiger partial charge >= 0.3 is 0 Å². The van der Waals surface area contributed by atoms with Crippen molar-refractivity contribution in [2.24, 2.45) is 0 Å². The molecule has 1 N–H and O–H groups in total. The molecule has 0 radical (unpaired) electrons. The van der Waals surface area contributed by atoms with Crippen LogP contribution in [0.4, 0.5) is 5.69 Å². The van der Waals surface area contributed by atoms with Crippen molar-refractivity contribution in [3.05, 3.63) is 46.6 Å². The van der Waals surface area contributed by atoms with Gasteiger partial charge in [0.25, 0.3) is 5.91 Å². The zero-order valence-corrected chi connectivity index (χ0v) is 12.6. The largest absolute Gasteiger partial charge is 0.496 e. The minimum Gasteiger partial charge on any atom is -0.496 e. The van der Waals surface area contributed by atoms with Gasteiger partial charge in [0.2, 0.25) is 5.88 Å². The number of methoxy groups -OCH3 is 2. The van der Waals surface area contributed by atoms with Gasteiger partial charge in [0.1, 0.15) is 5.75 Å². The van der Waals surface area contributed by atoms with E-state index in [2.05, 4.69) is 26.2 Å². The van der Waals surface area contributed by atoms with Gasteiger partial charge in [0, 0.05) is 10.5 Å². The van der Waals surface area contributed by atoms with E-state index in [1.54, 1.807) is 30.3 Å². The quantitative estimate of drug-likeness (QED) is 0.931. The summed E-state index contributed by atoms with van der Waals surface area (Å²) in [4.78, 5) is 16.2. The Balaban J connectivity index is 2.19. The van der Waals surface area contributed by atoms with E-state index in [0.717, 1.165) is 4.47 Å². The highest BCUT2D eigenvalue weighted by Gasteiger charge is 2.13. The zero-order chi connectivity index (χ0) is 14.5. The smallest absolute Gasteiger partial charge is 0.259 e. The van der Waals surface area contributed by atoms with Gasteiger partial charge in [0.05, 0.1) is 31.7 Å². The molecule has 104 valence electrons. The fraction of sp³-hybridized carbons (Fsp3) is 0.143. The second kappa shape index (κ2) is 6.38. The van der Waals surface area contributed by atoms with E-state index < -0.39 is 0 Å². The average Bonchev–Trinajstić information content (AvgIpc) is 2.47. The van der Waals surface area contributed by atoms with Crippen LogP contribution in [0.5, 0.6) is 11.6 Å². The molecule has 0 saturated carbocycles. The van der Waals surface area contributed by atoms with Crippen molar-refractivity contribution in [2.75, 3.05) is 19.5 Å². The summed E-state index contributed by atoms with van der Waals surface area (Å²) >= 11 is 3.33. The Labute approximate surface area is 125 Å². The van der Waals surface area contributed by atoms with Crippen LogP contribution < -0.4 is 14.8 Å². The predicted molar refractivity (Wildman–Crippen MR) is 79.4 cm³/mol. The first kappa shape index (κ1) is 14.3. The molecule has 1 amide bonds. The van der Waals surface area contributed by atoms with Gasteiger partial charge in [-0.15, -0.1) is 0 Å². The summed E-state index contributed by atoms with van der Waals surface area (Å²) in [6.45, 7) is 0. The third-order valence-electron chi connectivity index (χ3n) is 2.61. The molecule has 2 rings (SSSR count). The second-order valence-corrected chi connectivity index (χ2v) is 4.80. The lowest BCUT2D eigenvalue weighted by molar-refractivity contribution is 0.102.